The Balaban J connectivity index is 1.35. The summed E-state index contributed by atoms with van der Waals surface area (Å²) in [6.07, 6.45) is 1.71. The summed E-state index contributed by atoms with van der Waals surface area (Å²) in [5.74, 6) is 1.68. The quantitative estimate of drug-likeness (QED) is 0.401. The van der Waals surface area contributed by atoms with E-state index >= 15 is 0 Å². The van der Waals surface area contributed by atoms with Crippen molar-refractivity contribution in [3.05, 3.63) is 87.4 Å². The molecule has 4 rings (SSSR count). The van der Waals surface area contributed by atoms with Gasteiger partial charge in [-0.2, -0.15) is 5.10 Å². The zero-order chi connectivity index (χ0) is 21.6. The number of rotatable bonds is 7. The van der Waals surface area contributed by atoms with Crippen molar-refractivity contribution in [2.45, 2.75) is 13.0 Å². The van der Waals surface area contributed by atoms with Crippen molar-refractivity contribution in [3.63, 3.8) is 0 Å². The van der Waals surface area contributed by atoms with Gasteiger partial charge in [-0.05, 0) is 42.0 Å². The van der Waals surface area contributed by atoms with Crippen LogP contribution in [0.1, 0.15) is 16.7 Å². The number of para-hydroxylation sites is 1. The molecule has 0 spiro atoms. The fraction of sp³-hybridized carbons (Fsp3) is 0.130. The number of hydrogen-bond donors (Lipinski definition) is 1. The van der Waals surface area contributed by atoms with Crippen LogP contribution in [-0.2, 0) is 17.8 Å². The van der Waals surface area contributed by atoms with E-state index in [0.29, 0.717) is 27.3 Å². The largest absolute Gasteiger partial charge is 0.488 e. The maximum atomic E-state index is 12.2. The Morgan fingerprint density at radius 2 is 1.90 bits per heavy atom. The molecule has 0 aromatic heterocycles. The topological polar surface area (TPSA) is 69.2 Å². The summed E-state index contributed by atoms with van der Waals surface area (Å²) in [6, 6.07) is 18.0. The highest BCUT2D eigenvalue weighted by atomic mass is 35.5. The molecule has 1 amide bonds. The molecule has 0 fully saturated rings. The molecule has 0 saturated carbocycles. The van der Waals surface area contributed by atoms with Crippen molar-refractivity contribution < 1.29 is 19.0 Å². The van der Waals surface area contributed by atoms with Crippen LogP contribution in [0.2, 0.25) is 10.0 Å². The molecule has 31 heavy (non-hydrogen) atoms. The standard InChI is InChI=1S/C23H18Cl2N2O4/c24-18-7-6-17(19(25)11-18)13-29-20-4-2-1-3-16(20)12-26-27-23(28)10-15-5-8-21-22(9-15)31-14-30-21/h1-9,11-12H,10,13-14H2,(H,27,28)/b26-12-. The molecule has 3 aromatic rings. The number of hydrogen-bond acceptors (Lipinski definition) is 5. The van der Waals surface area contributed by atoms with Crippen molar-refractivity contribution >= 4 is 35.3 Å². The van der Waals surface area contributed by atoms with Crippen LogP contribution in [0, 0.1) is 0 Å². The van der Waals surface area contributed by atoms with Crippen molar-refractivity contribution in [1.29, 1.82) is 0 Å². The normalized spacial score (nSPS) is 12.2. The summed E-state index contributed by atoms with van der Waals surface area (Å²) in [4.78, 5) is 12.2. The van der Waals surface area contributed by atoms with E-state index in [4.69, 9.17) is 37.4 Å². The predicted octanol–water partition coefficient (Wildman–Crippen LogP) is 4.99. The molecule has 0 radical (unpaired) electrons. The van der Waals surface area contributed by atoms with Gasteiger partial charge in [0.1, 0.15) is 12.4 Å². The minimum Gasteiger partial charge on any atom is -0.488 e. The number of carbonyl (C=O) groups excluding carboxylic acids is 1. The van der Waals surface area contributed by atoms with E-state index in [1.807, 2.05) is 36.4 Å². The highest BCUT2D eigenvalue weighted by molar-refractivity contribution is 6.35. The van der Waals surface area contributed by atoms with Crippen LogP contribution >= 0.6 is 23.2 Å². The molecule has 0 saturated heterocycles. The first-order valence-corrected chi connectivity index (χ1v) is 10.2. The van der Waals surface area contributed by atoms with Crippen LogP contribution in [-0.4, -0.2) is 18.9 Å². The number of benzene rings is 3. The van der Waals surface area contributed by atoms with Crippen molar-refractivity contribution in [1.82, 2.24) is 5.43 Å². The average Bonchev–Trinajstić information content (AvgIpc) is 3.22. The second kappa shape index (κ2) is 9.73. The molecule has 0 bridgehead atoms. The molecule has 1 heterocycles. The lowest BCUT2D eigenvalue weighted by Crippen LogP contribution is -2.19. The molecule has 158 valence electrons. The lowest BCUT2D eigenvalue weighted by atomic mass is 10.1. The third-order valence-electron chi connectivity index (χ3n) is 4.51. The van der Waals surface area contributed by atoms with E-state index < -0.39 is 0 Å². The maximum absolute atomic E-state index is 12.2. The van der Waals surface area contributed by atoms with Crippen LogP contribution in [0.15, 0.2) is 65.8 Å². The van der Waals surface area contributed by atoms with Crippen LogP contribution in [0.3, 0.4) is 0 Å². The van der Waals surface area contributed by atoms with E-state index in [9.17, 15) is 4.79 Å². The molecule has 8 heteroatoms. The Morgan fingerprint density at radius 1 is 1.06 bits per heavy atom. The minimum absolute atomic E-state index is 0.168. The predicted molar refractivity (Wildman–Crippen MR) is 119 cm³/mol. The van der Waals surface area contributed by atoms with E-state index in [-0.39, 0.29) is 25.7 Å². The summed E-state index contributed by atoms with van der Waals surface area (Å²) in [6.45, 7) is 0.471. The highest BCUT2D eigenvalue weighted by Gasteiger charge is 2.14. The monoisotopic (exact) mass is 456 g/mol. The van der Waals surface area contributed by atoms with Crippen molar-refractivity contribution in [2.75, 3.05) is 6.79 Å². The SMILES string of the molecule is O=C(Cc1ccc2c(c1)OCO2)N/N=C\c1ccccc1OCc1ccc(Cl)cc1Cl. The molecule has 0 unspecified atom stereocenters. The Labute approximate surface area is 189 Å². The van der Waals surface area contributed by atoms with E-state index in [1.54, 1.807) is 24.3 Å². The molecule has 1 N–H and O–H groups in total. The number of amides is 1. The zero-order valence-corrected chi connectivity index (χ0v) is 17.8. The highest BCUT2D eigenvalue weighted by Crippen LogP contribution is 2.32. The third kappa shape index (κ3) is 5.48. The second-order valence-electron chi connectivity index (χ2n) is 6.72. The van der Waals surface area contributed by atoms with Gasteiger partial charge >= 0.3 is 0 Å². The number of ether oxygens (including phenoxy) is 3. The van der Waals surface area contributed by atoms with Crippen LogP contribution < -0.4 is 19.6 Å². The first-order chi connectivity index (χ1) is 15.1. The zero-order valence-electron chi connectivity index (χ0n) is 16.3. The summed E-state index contributed by atoms with van der Waals surface area (Å²) < 4.78 is 16.5. The van der Waals surface area contributed by atoms with Gasteiger partial charge in [-0.1, -0.05) is 47.5 Å². The van der Waals surface area contributed by atoms with Gasteiger partial charge in [0.15, 0.2) is 11.5 Å². The molecule has 1 aliphatic heterocycles. The van der Waals surface area contributed by atoms with Gasteiger partial charge in [-0.3, -0.25) is 4.79 Å². The minimum atomic E-state index is -0.249. The lowest BCUT2D eigenvalue weighted by Gasteiger charge is -2.10. The Hall–Kier alpha value is -3.22. The fourth-order valence-corrected chi connectivity index (χ4v) is 3.43. The number of hydrazone groups is 1. The molecule has 3 aromatic carbocycles. The van der Waals surface area contributed by atoms with E-state index in [1.165, 1.54) is 6.21 Å². The summed E-state index contributed by atoms with van der Waals surface area (Å²) >= 11 is 12.1. The van der Waals surface area contributed by atoms with Crippen LogP contribution in [0.25, 0.3) is 0 Å². The number of carbonyl (C=O) groups is 1. The van der Waals surface area contributed by atoms with Gasteiger partial charge in [-0.15, -0.1) is 0 Å². The first-order valence-electron chi connectivity index (χ1n) is 9.45. The Bertz CT molecular complexity index is 1130. The van der Waals surface area contributed by atoms with Gasteiger partial charge in [0.25, 0.3) is 0 Å². The van der Waals surface area contributed by atoms with Crippen molar-refractivity contribution in [2.24, 2.45) is 5.10 Å². The summed E-state index contributed by atoms with van der Waals surface area (Å²) in [5, 5.41) is 5.15. The third-order valence-corrected chi connectivity index (χ3v) is 5.10. The van der Waals surface area contributed by atoms with Gasteiger partial charge in [0.2, 0.25) is 12.7 Å². The van der Waals surface area contributed by atoms with Crippen LogP contribution in [0.5, 0.6) is 17.2 Å². The molecule has 0 aliphatic carbocycles. The summed E-state index contributed by atoms with van der Waals surface area (Å²) in [7, 11) is 0. The second-order valence-corrected chi connectivity index (χ2v) is 7.56. The fourth-order valence-electron chi connectivity index (χ4n) is 2.96. The van der Waals surface area contributed by atoms with E-state index in [0.717, 1.165) is 16.7 Å². The smallest absolute Gasteiger partial charge is 0.244 e. The van der Waals surface area contributed by atoms with Gasteiger partial charge in [-0.25, -0.2) is 5.43 Å². The molecular formula is C23H18Cl2N2O4. The molecule has 1 aliphatic rings. The maximum Gasteiger partial charge on any atom is 0.244 e. The lowest BCUT2D eigenvalue weighted by molar-refractivity contribution is -0.120. The Morgan fingerprint density at radius 3 is 2.77 bits per heavy atom. The Kier molecular flexibility index (Phi) is 6.60. The number of nitrogens with zero attached hydrogens (tertiary/aromatic N) is 1. The summed E-state index contributed by atoms with van der Waals surface area (Å²) in [5.41, 5.74) is 4.87. The van der Waals surface area contributed by atoms with E-state index in [2.05, 4.69) is 10.5 Å². The number of halogens is 2. The van der Waals surface area contributed by atoms with Crippen LogP contribution in [0.4, 0.5) is 0 Å². The average molecular weight is 457 g/mol. The number of fused-ring (bicyclic) bond motifs is 1. The molecule has 0 atom stereocenters. The molecular weight excluding hydrogens is 439 g/mol. The van der Waals surface area contributed by atoms with Gasteiger partial charge < -0.3 is 14.2 Å². The van der Waals surface area contributed by atoms with Crippen molar-refractivity contribution in [3.8, 4) is 17.2 Å². The van der Waals surface area contributed by atoms with Gasteiger partial charge in [0.05, 0.1) is 12.6 Å². The first kappa shape index (κ1) is 21.0. The number of nitrogens with one attached hydrogen (secondary N) is 1. The molecule has 6 nitrogen and oxygen atoms in total. The van der Waals surface area contributed by atoms with Gasteiger partial charge in [0, 0.05) is 21.2 Å².